The van der Waals surface area contributed by atoms with Gasteiger partial charge in [0.05, 0.1) is 17.0 Å². The summed E-state index contributed by atoms with van der Waals surface area (Å²) in [6.07, 6.45) is 9.32. The van der Waals surface area contributed by atoms with Crippen molar-refractivity contribution in [2.45, 2.75) is 16.5 Å². The Morgan fingerprint density at radius 2 is 1.18 bits per heavy atom. The second-order valence-corrected chi connectivity index (χ2v) is 14.0. The number of hydrogen-bond donors (Lipinski definition) is 0. The molecular formula is C40H30N2S2. The van der Waals surface area contributed by atoms with Crippen molar-refractivity contribution < 1.29 is 0 Å². The van der Waals surface area contributed by atoms with Crippen molar-refractivity contribution in [3.63, 3.8) is 0 Å². The third kappa shape index (κ3) is 4.16. The van der Waals surface area contributed by atoms with E-state index in [0.29, 0.717) is 22.5 Å². The summed E-state index contributed by atoms with van der Waals surface area (Å²) < 4.78 is 1.38. The van der Waals surface area contributed by atoms with Gasteiger partial charge < -0.3 is 9.80 Å². The number of fused-ring (bicyclic) bond motifs is 7. The minimum absolute atomic E-state index is 0.415. The molecule has 0 amide bonds. The summed E-state index contributed by atoms with van der Waals surface area (Å²) in [4.78, 5) is 6.56. The first kappa shape index (κ1) is 25.9. The fourth-order valence-corrected chi connectivity index (χ4v) is 10.4. The maximum Gasteiger partial charge on any atom is 0.0647 e. The van der Waals surface area contributed by atoms with Gasteiger partial charge in [-0.05, 0) is 65.7 Å². The van der Waals surface area contributed by atoms with E-state index >= 15 is 0 Å². The third-order valence-electron chi connectivity index (χ3n) is 9.16. The van der Waals surface area contributed by atoms with E-state index in [9.17, 15) is 0 Å². The lowest BCUT2D eigenvalue weighted by molar-refractivity contribution is 0.546. The molecule has 6 aromatic rings. The summed E-state index contributed by atoms with van der Waals surface area (Å²) in [7, 11) is 0. The molecule has 9 rings (SSSR count). The molecule has 1 aromatic heterocycles. The van der Waals surface area contributed by atoms with Crippen LogP contribution in [0.25, 0.3) is 21.2 Å². The van der Waals surface area contributed by atoms with Gasteiger partial charge in [0.15, 0.2) is 0 Å². The number of benzene rings is 5. The maximum atomic E-state index is 2.67. The quantitative estimate of drug-likeness (QED) is 0.194. The molecule has 4 unspecified atom stereocenters. The first-order valence-corrected chi connectivity index (χ1v) is 17.0. The highest BCUT2D eigenvalue weighted by atomic mass is 32.2. The Bertz CT molecular complexity index is 2010. The topological polar surface area (TPSA) is 6.48 Å². The highest BCUT2D eigenvalue weighted by Crippen LogP contribution is 2.64. The molecular weight excluding hydrogens is 573 g/mol. The normalized spacial score (nSPS) is 21.3. The summed E-state index contributed by atoms with van der Waals surface area (Å²) in [5.41, 5.74) is 8.58. The van der Waals surface area contributed by atoms with Crippen molar-refractivity contribution in [2.24, 2.45) is 5.92 Å². The van der Waals surface area contributed by atoms with E-state index in [-0.39, 0.29) is 0 Å². The number of hydrogen-bond acceptors (Lipinski definition) is 4. The van der Waals surface area contributed by atoms with Crippen molar-refractivity contribution >= 4 is 61.6 Å². The van der Waals surface area contributed by atoms with Crippen LogP contribution in [-0.2, 0) is 0 Å². The lowest BCUT2D eigenvalue weighted by Crippen LogP contribution is -2.35. The number of para-hydroxylation sites is 1. The molecule has 2 aliphatic heterocycles. The Balaban J connectivity index is 1.12. The van der Waals surface area contributed by atoms with E-state index in [1.165, 1.54) is 37.5 Å². The lowest BCUT2D eigenvalue weighted by atomic mass is 9.90. The summed E-state index contributed by atoms with van der Waals surface area (Å²) in [5.74, 6) is 0.497. The van der Waals surface area contributed by atoms with Gasteiger partial charge in [0.1, 0.15) is 0 Å². The Morgan fingerprint density at radius 3 is 1.95 bits per heavy atom. The van der Waals surface area contributed by atoms with E-state index in [4.69, 9.17) is 0 Å². The predicted molar refractivity (Wildman–Crippen MR) is 190 cm³/mol. The van der Waals surface area contributed by atoms with Crippen molar-refractivity contribution in [3.8, 4) is 11.1 Å². The fourth-order valence-electron chi connectivity index (χ4n) is 7.19. The second kappa shape index (κ2) is 10.6. The van der Waals surface area contributed by atoms with Gasteiger partial charge in [-0.1, -0.05) is 103 Å². The number of rotatable bonds is 5. The molecule has 0 saturated carbocycles. The van der Waals surface area contributed by atoms with Crippen LogP contribution in [0.3, 0.4) is 0 Å². The van der Waals surface area contributed by atoms with Crippen LogP contribution in [0.1, 0.15) is 10.1 Å². The van der Waals surface area contributed by atoms with Crippen LogP contribution < -0.4 is 9.80 Å². The molecule has 1 fully saturated rings. The van der Waals surface area contributed by atoms with Crippen LogP contribution in [0, 0.1) is 5.92 Å². The average molecular weight is 603 g/mol. The van der Waals surface area contributed by atoms with E-state index in [1.807, 2.05) is 11.3 Å². The molecule has 212 valence electrons. The monoisotopic (exact) mass is 602 g/mol. The number of thiophene rings is 1. The Hall–Kier alpha value is -4.51. The lowest BCUT2D eigenvalue weighted by Gasteiger charge is -2.33. The number of allylic oxidation sites excluding steroid dienone is 2. The molecule has 2 nitrogen and oxygen atoms in total. The molecule has 44 heavy (non-hydrogen) atoms. The zero-order chi connectivity index (χ0) is 29.0. The summed E-state index contributed by atoms with van der Waals surface area (Å²) >= 11 is 4.14. The van der Waals surface area contributed by atoms with Crippen LogP contribution in [0.2, 0.25) is 0 Å². The second-order valence-electron chi connectivity index (χ2n) is 11.6. The third-order valence-corrected chi connectivity index (χ3v) is 12.1. The Morgan fingerprint density at radius 1 is 0.568 bits per heavy atom. The Kier molecular flexibility index (Phi) is 6.24. The molecule has 0 spiro atoms. The molecule has 4 heteroatoms. The predicted octanol–water partition coefficient (Wildman–Crippen LogP) is 11.5. The smallest absolute Gasteiger partial charge is 0.0647 e. The van der Waals surface area contributed by atoms with Gasteiger partial charge in [-0.3, -0.25) is 0 Å². The summed E-state index contributed by atoms with van der Waals surface area (Å²) in [6.45, 7) is 0. The number of nitrogens with zero attached hydrogens (tertiary/aromatic N) is 2. The molecule has 0 bridgehead atoms. The van der Waals surface area contributed by atoms with Crippen LogP contribution in [-0.4, -0.2) is 11.3 Å². The largest absolute Gasteiger partial charge is 0.335 e. The van der Waals surface area contributed by atoms with E-state index in [2.05, 4.69) is 179 Å². The van der Waals surface area contributed by atoms with Crippen molar-refractivity contribution in [3.05, 3.63) is 163 Å². The van der Waals surface area contributed by atoms with Gasteiger partial charge in [0.2, 0.25) is 0 Å². The van der Waals surface area contributed by atoms with Gasteiger partial charge in [-0.2, -0.15) is 0 Å². The van der Waals surface area contributed by atoms with Gasteiger partial charge in [-0.15, -0.1) is 23.1 Å². The van der Waals surface area contributed by atoms with Gasteiger partial charge in [0, 0.05) is 48.9 Å². The van der Waals surface area contributed by atoms with Crippen LogP contribution in [0.15, 0.2) is 158 Å². The minimum Gasteiger partial charge on any atom is -0.335 e. The van der Waals surface area contributed by atoms with E-state index < -0.39 is 0 Å². The molecule has 0 radical (unpaired) electrons. The van der Waals surface area contributed by atoms with Crippen LogP contribution >= 0.6 is 23.1 Å². The van der Waals surface area contributed by atoms with E-state index in [0.717, 1.165) is 17.1 Å². The first-order valence-electron chi connectivity index (χ1n) is 15.3. The highest BCUT2D eigenvalue weighted by molar-refractivity contribution is 8.00. The average Bonchev–Trinajstić information content (AvgIpc) is 3.75. The van der Waals surface area contributed by atoms with Crippen molar-refractivity contribution in [1.82, 2.24) is 0 Å². The molecule has 4 atom stereocenters. The Labute approximate surface area is 266 Å². The molecule has 3 heterocycles. The zero-order valence-corrected chi connectivity index (χ0v) is 25.7. The highest BCUT2D eigenvalue weighted by Gasteiger charge is 2.53. The zero-order valence-electron chi connectivity index (χ0n) is 24.0. The fraction of sp³-hybridized carbons (Fsp3) is 0.100. The molecule has 1 aliphatic carbocycles. The van der Waals surface area contributed by atoms with Crippen molar-refractivity contribution in [2.75, 3.05) is 9.80 Å². The standard InChI is InChI=1S/C40H30N2S2/c1-3-11-27(12-4-1)28-19-21-30(22-20-28)41(29-13-5-2-6-14-29)31-23-25-32(26-24-31)42-37-33-15-7-9-17-35(33)43-39(37)40-38(42)34-16-8-10-18-36(34)44-40/h1-26,33,35,37,39H. The van der Waals surface area contributed by atoms with E-state index in [1.54, 1.807) is 0 Å². The minimum atomic E-state index is 0.415. The first-order chi connectivity index (χ1) is 21.8. The van der Waals surface area contributed by atoms with Crippen LogP contribution in [0.5, 0.6) is 0 Å². The summed E-state index contributed by atoms with van der Waals surface area (Å²) in [5, 5.41) is 2.39. The molecule has 1 saturated heterocycles. The van der Waals surface area contributed by atoms with Crippen LogP contribution in [0.4, 0.5) is 28.4 Å². The van der Waals surface area contributed by atoms with Gasteiger partial charge in [-0.25, -0.2) is 0 Å². The summed E-state index contributed by atoms with van der Waals surface area (Å²) in [6, 6.07) is 48.8. The van der Waals surface area contributed by atoms with Gasteiger partial charge >= 0.3 is 0 Å². The van der Waals surface area contributed by atoms with Crippen molar-refractivity contribution in [1.29, 1.82) is 0 Å². The number of thioether (sulfide) groups is 1. The molecule has 5 aromatic carbocycles. The molecule has 0 N–H and O–H groups in total. The van der Waals surface area contributed by atoms with Gasteiger partial charge in [0.25, 0.3) is 0 Å². The maximum absolute atomic E-state index is 2.67. The SMILES string of the molecule is C1=CC2SC3c4sc5ccccc5c4N(c4ccc(N(c5ccccc5)c5ccc(-c6ccccc6)cc5)cc4)C3C2C=C1. The molecule has 3 aliphatic rings. The number of anilines is 5.